The lowest BCUT2D eigenvalue weighted by Crippen LogP contribution is -2.39. The summed E-state index contributed by atoms with van der Waals surface area (Å²) in [5.74, 6) is 0.919. The molecule has 0 radical (unpaired) electrons. The third-order valence-corrected chi connectivity index (χ3v) is 4.46. The highest BCUT2D eigenvalue weighted by Crippen LogP contribution is 2.21. The van der Waals surface area contributed by atoms with Crippen LogP contribution in [0.25, 0.3) is 5.69 Å². The van der Waals surface area contributed by atoms with Crippen molar-refractivity contribution in [1.82, 2.24) is 24.6 Å². The Hall–Kier alpha value is -2.93. The maximum atomic E-state index is 12.7. The molecule has 1 aliphatic rings. The second-order valence-corrected chi connectivity index (χ2v) is 6.15. The van der Waals surface area contributed by atoms with Crippen LogP contribution in [0.5, 0.6) is 0 Å². The van der Waals surface area contributed by atoms with Gasteiger partial charge in [0.05, 0.1) is 18.3 Å². The van der Waals surface area contributed by atoms with Crippen molar-refractivity contribution in [3.05, 3.63) is 60.9 Å². The molecule has 25 heavy (non-hydrogen) atoms. The second-order valence-electron chi connectivity index (χ2n) is 6.15. The first kappa shape index (κ1) is 15.6. The van der Waals surface area contributed by atoms with Gasteiger partial charge in [-0.1, -0.05) is 6.07 Å². The van der Waals surface area contributed by atoms with Crippen LogP contribution in [-0.4, -0.2) is 43.1 Å². The Labute approximate surface area is 145 Å². The number of benzene rings is 1. The highest BCUT2D eigenvalue weighted by Gasteiger charge is 2.31. The SMILES string of the molecule is O=C(Nc1cccc(-n2cccn2)c1)C1CCCN1Cc1ncc[nH]1. The fraction of sp³-hybridized carbons (Fsp3) is 0.278. The van der Waals surface area contributed by atoms with Crippen LogP contribution >= 0.6 is 0 Å². The summed E-state index contributed by atoms with van der Waals surface area (Å²) < 4.78 is 1.77. The second kappa shape index (κ2) is 6.90. The van der Waals surface area contributed by atoms with Gasteiger partial charge in [0.15, 0.2) is 0 Å². The Bertz CT molecular complexity index is 827. The van der Waals surface area contributed by atoms with Gasteiger partial charge in [0.1, 0.15) is 5.82 Å². The minimum atomic E-state index is -0.126. The van der Waals surface area contributed by atoms with Gasteiger partial charge in [0, 0.05) is 30.5 Å². The molecule has 2 N–H and O–H groups in total. The lowest BCUT2D eigenvalue weighted by molar-refractivity contribution is -0.120. The summed E-state index contributed by atoms with van der Waals surface area (Å²) in [6.07, 6.45) is 9.04. The van der Waals surface area contributed by atoms with E-state index in [-0.39, 0.29) is 11.9 Å². The predicted molar refractivity (Wildman–Crippen MR) is 94.2 cm³/mol. The van der Waals surface area contributed by atoms with Gasteiger partial charge in [-0.05, 0) is 43.7 Å². The summed E-state index contributed by atoms with van der Waals surface area (Å²) in [5.41, 5.74) is 1.70. The van der Waals surface area contributed by atoms with E-state index >= 15 is 0 Å². The lowest BCUT2D eigenvalue weighted by Gasteiger charge is -2.22. The molecular weight excluding hydrogens is 316 g/mol. The van der Waals surface area contributed by atoms with Crippen LogP contribution in [0.15, 0.2) is 55.1 Å². The van der Waals surface area contributed by atoms with Crippen LogP contribution in [0, 0.1) is 0 Å². The van der Waals surface area contributed by atoms with Gasteiger partial charge in [-0.3, -0.25) is 9.69 Å². The third kappa shape index (κ3) is 3.46. The minimum absolute atomic E-state index is 0.0293. The van der Waals surface area contributed by atoms with Crippen LogP contribution in [0.4, 0.5) is 5.69 Å². The zero-order chi connectivity index (χ0) is 17.1. The molecular formula is C18H20N6O. The lowest BCUT2D eigenvalue weighted by atomic mass is 10.2. The predicted octanol–water partition coefficient (Wildman–Crippen LogP) is 2.20. The molecule has 1 aliphatic heterocycles. The number of anilines is 1. The molecule has 0 spiro atoms. The molecule has 2 aromatic heterocycles. The number of aromatic nitrogens is 4. The van der Waals surface area contributed by atoms with Gasteiger partial charge in [-0.2, -0.15) is 5.10 Å². The third-order valence-electron chi connectivity index (χ3n) is 4.46. The van der Waals surface area contributed by atoms with E-state index in [0.29, 0.717) is 6.54 Å². The van der Waals surface area contributed by atoms with Gasteiger partial charge in [0.2, 0.25) is 5.91 Å². The van der Waals surface area contributed by atoms with Crippen molar-refractivity contribution in [2.75, 3.05) is 11.9 Å². The highest BCUT2D eigenvalue weighted by atomic mass is 16.2. The van der Waals surface area contributed by atoms with Crippen molar-refractivity contribution in [2.45, 2.75) is 25.4 Å². The van der Waals surface area contributed by atoms with Crippen LogP contribution in [0.1, 0.15) is 18.7 Å². The number of hydrogen-bond donors (Lipinski definition) is 2. The molecule has 1 aromatic carbocycles. The van der Waals surface area contributed by atoms with Crippen molar-refractivity contribution < 1.29 is 4.79 Å². The first-order valence-electron chi connectivity index (χ1n) is 8.43. The van der Waals surface area contributed by atoms with Crippen molar-refractivity contribution in [3.8, 4) is 5.69 Å². The van der Waals surface area contributed by atoms with E-state index in [1.807, 2.05) is 36.5 Å². The van der Waals surface area contributed by atoms with E-state index in [0.717, 1.165) is 36.6 Å². The quantitative estimate of drug-likeness (QED) is 0.749. The van der Waals surface area contributed by atoms with Crippen molar-refractivity contribution in [2.24, 2.45) is 0 Å². The van der Waals surface area contributed by atoms with Gasteiger partial charge >= 0.3 is 0 Å². The highest BCUT2D eigenvalue weighted by molar-refractivity contribution is 5.95. The van der Waals surface area contributed by atoms with E-state index < -0.39 is 0 Å². The number of hydrogen-bond acceptors (Lipinski definition) is 4. The first-order chi connectivity index (χ1) is 12.3. The number of rotatable bonds is 5. The average molecular weight is 336 g/mol. The smallest absolute Gasteiger partial charge is 0.241 e. The molecule has 7 nitrogen and oxygen atoms in total. The molecule has 1 atom stereocenters. The van der Waals surface area contributed by atoms with E-state index in [1.54, 1.807) is 23.3 Å². The molecule has 0 bridgehead atoms. The van der Waals surface area contributed by atoms with Crippen LogP contribution in [0.3, 0.4) is 0 Å². The standard InChI is InChI=1S/C18H20N6O/c25-18(16-6-2-10-23(16)13-17-19-8-9-20-17)22-14-4-1-5-15(12-14)24-11-3-7-21-24/h1,3-5,7-9,11-12,16H,2,6,10,13H2,(H,19,20)(H,22,25). The molecule has 4 rings (SSSR count). The zero-order valence-electron chi connectivity index (χ0n) is 13.8. The summed E-state index contributed by atoms with van der Waals surface area (Å²) in [6, 6.07) is 9.45. The molecule has 1 unspecified atom stereocenters. The number of carbonyl (C=O) groups excluding carboxylic acids is 1. The summed E-state index contributed by atoms with van der Waals surface area (Å²) in [5, 5.41) is 7.27. The maximum absolute atomic E-state index is 12.7. The molecule has 1 fully saturated rings. The summed E-state index contributed by atoms with van der Waals surface area (Å²) in [4.78, 5) is 22.3. The number of H-pyrrole nitrogens is 1. The zero-order valence-corrected chi connectivity index (χ0v) is 13.8. The fourth-order valence-electron chi connectivity index (χ4n) is 3.26. The Kier molecular flexibility index (Phi) is 4.30. The maximum Gasteiger partial charge on any atom is 0.241 e. The van der Waals surface area contributed by atoms with Crippen molar-refractivity contribution >= 4 is 11.6 Å². The molecule has 128 valence electrons. The van der Waals surface area contributed by atoms with E-state index in [9.17, 15) is 4.79 Å². The van der Waals surface area contributed by atoms with Gasteiger partial charge in [-0.15, -0.1) is 0 Å². The van der Waals surface area contributed by atoms with E-state index in [2.05, 4.69) is 25.3 Å². The Morgan fingerprint density at radius 1 is 1.32 bits per heavy atom. The van der Waals surface area contributed by atoms with Crippen LogP contribution in [0.2, 0.25) is 0 Å². The largest absolute Gasteiger partial charge is 0.348 e. The van der Waals surface area contributed by atoms with E-state index in [1.165, 1.54) is 0 Å². The molecule has 0 saturated carbocycles. The molecule has 1 saturated heterocycles. The Balaban J connectivity index is 1.45. The number of carbonyl (C=O) groups is 1. The monoisotopic (exact) mass is 336 g/mol. The van der Waals surface area contributed by atoms with Crippen molar-refractivity contribution in [1.29, 1.82) is 0 Å². The summed E-state index contributed by atoms with van der Waals surface area (Å²) >= 11 is 0. The minimum Gasteiger partial charge on any atom is -0.348 e. The summed E-state index contributed by atoms with van der Waals surface area (Å²) in [6.45, 7) is 1.57. The Morgan fingerprint density at radius 2 is 2.28 bits per heavy atom. The van der Waals surface area contributed by atoms with E-state index in [4.69, 9.17) is 0 Å². The Morgan fingerprint density at radius 3 is 3.08 bits per heavy atom. The number of aromatic amines is 1. The average Bonchev–Trinajstić information content (AvgIpc) is 3.38. The van der Waals surface area contributed by atoms with Gasteiger partial charge < -0.3 is 10.3 Å². The molecule has 3 aromatic rings. The van der Waals surface area contributed by atoms with Crippen LogP contribution in [-0.2, 0) is 11.3 Å². The molecule has 3 heterocycles. The molecule has 7 heteroatoms. The number of nitrogens with zero attached hydrogens (tertiary/aromatic N) is 4. The van der Waals surface area contributed by atoms with Crippen LogP contribution < -0.4 is 5.32 Å². The topological polar surface area (TPSA) is 78.8 Å². The fourth-order valence-corrected chi connectivity index (χ4v) is 3.26. The number of imidazole rings is 1. The first-order valence-corrected chi connectivity index (χ1v) is 8.43. The van der Waals surface area contributed by atoms with Gasteiger partial charge in [0.25, 0.3) is 0 Å². The van der Waals surface area contributed by atoms with Crippen molar-refractivity contribution in [3.63, 3.8) is 0 Å². The summed E-state index contributed by atoms with van der Waals surface area (Å²) in [7, 11) is 0. The molecule has 1 amide bonds. The normalized spacial score (nSPS) is 17.7. The number of amides is 1. The molecule has 0 aliphatic carbocycles. The van der Waals surface area contributed by atoms with Gasteiger partial charge in [-0.25, -0.2) is 9.67 Å². The number of likely N-dealkylation sites (tertiary alicyclic amines) is 1. The number of nitrogens with one attached hydrogen (secondary N) is 2.